The van der Waals surface area contributed by atoms with Crippen LogP contribution in [-0.2, 0) is 10.0 Å². The number of hydrogen-bond acceptors (Lipinski definition) is 4. The van der Waals surface area contributed by atoms with Crippen molar-refractivity contribution in [2.75, 3.05) is 5.08 Å². The van der Waals surface area contributed by atoms with Gasteiger partial charge in [-0.3, -0.25) is 0 Å². The number of thioether (sulfide) groups is 2. The number of halogens is 3. The molecule has 1 aliphatic rings. The fourth-order valence-corrected chi connectivity index (χ4v) is 4.32. The summed E-state index contributed by atoms with van der Waals surface area (Å²) >= 11 is 1.79. The van der Waals surface area contributed by atoms with E-state index in [1.807, 2.05) is 0 Å². The summed E-state index contributed by atoms with van der Waals surface area (Å²) in [5.41, 5.74) is 0. The molecule has 0 N–H and O–H groups in total. The molecular weight excluding hydrogens is 271 g/mol. The van der Waals surface area contributed by atoms with Crippen LogP contribution in [0.4, 0.5) is 13.2 Å². The Hall–Kier alpha value is -0.150. The summed E-state index contributed by atoms with van der Waals surface area (Å²) in [6.45, 7) is 0. The maximum Gasteiger partial charge on any atom is 0.272 e. The highest BCUT2D eigenvalue weighted by Crippen LogP contribution is 2.27. The number of rotatable bonds is 3. The van der Waals surface area contributed by atoms with Crippen molar-refractivity contribution in [1.29, 1.82) is 0 Å². The molecule has 0 amide bonds. The molecule has 0 aromatic heterocycles. The molecule has 1 heterocycles. The van der Waals surface area contributed by atoms with E-state index in [1.165, 1.54) is 0 Å². The first-order chi connectivity index (χ1) is 6.91. The molecule has 1 unspecified atom stereocenters. The van der Waals surface area contributed by atoms with Crippen LogP contribution < -0.4 is 0 Å². The Morgan fingerprint density at radius 2 is 2.13 bits per heavy atom. The first kappa shape index (κ1) is 12.9. The van der Waals surface area contributed by atoms with Gasteiger partial charge >= 0.3 is 0 Å². The zero-order valence-electron chi connectivity index (χ0n) is 7.14. The minimum atomic E-state index is -3.41. The lowest BCUT2D eigenvalue weighted by molar-refractivity contribution is 0.0751. The Bertz CT molecular complexity index is 379. The van der Waals surface area contributed by atoms with Crippen molar-refractivity contribution < 1.29 is 21.6 Å². The van der Waals surface area contributed by atoms with Crippen LogP contribution >= 0.6 is 23.5 Å². The van der Waals surface area contributed by atoms with Gasteiger partial charge in [0.05, 0.1) is 0 Å². The van der Waals surface area contributed by atoms with Crippen LogP contribution in [-0.4, -0.2) is 30.5 Å². The van der Waals surface area contributed by atoms with Gasteiger partial charge in [0.1, 0.15) is 9.46 Å². The van der Waals surface area contributed by atoms with Gasteiger partial charge in [-0.15, -0.1) is 4.40 Å². The van der Waals surface area contributed by atoms with E-state index >= 15 is 0 Å². The van der Waals surface area contributed by atoms with Crippen molar-refractivity contribution in [1.82, 2.24) is 0 Å². The average Bonchev–Trinajstić information content (AvgIpc) is 2.45. The summed E-state index contributed by atoms with van der Waals surface area (Å²) in [6.07, 6.45) is -4.73. The molecule has 0 fully saturated rings. The SMILES string of the molecule is O=S1(=O)CSC(SC=CC(F)C(F)F)=N1. The molecule has 9 heteroatoms. The fraction of sp³-hybridized carbons (Fsp3) is 0.500. The predicted molar refractivity (Wildman–Crippen MR) is 56.4 cm³/mol. The Morgan fingerprint density at radius 1 is 1.47 bits per heavy atom. The fourth-order valence-electron chi connectivity index (χ4n) is 0.603. The summed E-state index contributed by atoms with van der Waals surface area (Å²) in [6, 6.07) is 0. The van der Waals surface area contributed by atoms with Gasteiger partial charge in [0.15, 0.2) is 6.17 Å². The predicted octanol–water partition coefficient (Wildman–Crippen LogP) is 2.23. The van der Waals surface area contributed by atoms with E-state index in [-0.39, 0.29) is 9.46 Å². The lowest BCUT2D eigenvalue weighted by Gasteiger charge is -1.98. The van der Waals surface area contributed by atoms with E-state index in [2.05, 4.69) is 4.40 Å². The highest BCUT2D eigenvalue weighted by atomic mass is 32.3. The Labute approximate surface area is 93.3 Å². The number of alkyl halides is 3. The second kappa shape index (κ2) is 5.26. The second-order valence-electron chi connectivity index (χ2n) is 2.43. The van der Waals surface area contributed by atoms with Crippen LogP contribution in [0.3, 0.4) is 0 Å². The maximum atomic E-state index is 12.3. The lowest BCUT2D eigenvalue weighted by atomic mass is 10.4. The van der Waals surface area contributed by atoms with Crippen LogP contribution in [0.5, 0.6) is 0 Å². The van der Waals surface area contributed by atoms with E-state index < -0.39 is 22.6 Å². The van der Waals surface area contributed by atoms with Crippen molar-refractivity contribution in [2.45, 2.75) is 12.6 Å². The molecule has 0 aliphatic carbocycles. The topological polar surface area (TPSA) is 46.5 Å². The summed E-state index contributed by atoms with van der Waals surface area (Å²) in [7, 11) is -3.41. The van der Waals surface area contributed by atoms with E-state index in [0.29, 0.717) is 6.08 Å². The third-order valence-corrected chi connectivity index (χ3v) is 5.14. The zero-order chi connectivity index (χ0) is 11.5. The Morgan fingerprint density at radius 3 is 2.60 bits per heavy atom. The number of allylic oxidation sites excluding steroid dienone is 1. The molecular formula is C6H6F3NO2S3. The number of sulfonamides is 1. The molecule has 0 radical (unpaired) electrons. The van der Waals surface area contributed by atoms with Gasteiger partial charge in [-0.25, -0.2) is 21.6 Å². The second-order valence-corrected chi connectivity index (χ2v) is 6.54. The van der Waals surface area contributed by atoms with Crippen molar-refractivity contribution >= 4 is 37.9 Å². The third-order valence-electron chi connectivity index (χ3n) is 1.22. The van der Waals surface area contributed by atoms with Gasteiger partial charge < -0.3 is 0 Å². The quantitative estimate of drug-likeness (QED) is 0.793. The molecule has 1 atom stereocenters. The van der Waals surface area contributed by atoms with Gasteiger partial charge in [-0.2, -0.15) is 0 Å². The minimum absolute atomic E-state index is 0.156. The smallest absolute Gasteiger partial charge is 0.237 e. The number of nitrogens with zero attached hydrogens (tertiary/aromatic N) is 1. The zero-order valence-corrected chi connectivity index (χ0v) is 9.59. The Balaban J connectivity index is 2.45. The van der Waals surface area contributed by atoms with E-state index in [1.54, 1.807) is 0 Å². The highest BCUT2D eigenvalue weighted by Gasteiger charge is 2.21. The van der Waals surface area contributed by atoms with Gasteiger partial charge in [-0.1, -0.05) is 23.5 Å². The van der Waals surface area contributed by atoms with Gasteiger partial charge in [0.2, 0.25) is 0 Å². The third kappa shape index (κ3) is 4.47. The summed E-state index contributed by atoms with van der Waals surface area (Å²) in [4.78, 5) is 0. The lowest BCUT2D eigenvalue weighted by Crippen LogP contribution is -2.07. The maximum absolute atomic E-state index is 12.3. The molecule has 3 nitrogen and oxygen atoms in total. The molecule has 0 aromatic carbocycles. The summed E-state index contributed by atoms with van der Waals surface area (Å²) < 4.78 is 60.9. The molecule has 0 spiro atoms. The van der Waals surface area contributed by atoms with Crippen molar-refractivity contribution in [3.63, 3.8) is 0 Å². The molecule has 0 saturated carbocycles. The van der Waals surface area contributed by atoms with Gasteiger partial charge in [0.25, 0.3) is 16.4 Å². The monoisotopic (exact) mass is 277 g/mol. The van der Waals surface area contributed by atoms with Crippen LogP contribution in [0.2, 0.25) is 0 Å². The van der Waals surface area contributed by atoms with Crippen molar-refractivity contribution in [3.05, 3.63) is 11.5 Å². The standard InChI is InChI=1S/C6H6F3NO2S3/c7-4(5(8)9)1-2-13-6-10-15(11,12)3-14-6/h1-2,4-5H,3H2. The highest BCUT2D eigenvalue weighted by molar-refractivity contribution is 8.44. The molecule has 86 valence electrons. The normalized spacial score (nSPS) is 22.3. The molecule has 15 heavy (non-hydrogen) atoms. The summed E-state index contributed by atoms with van der Waals surface area (Å²) in [5.74, 6) is 0. The first-order valence-electron chi connectivity index (χ1n) is 3.62. The Kier molecular flexibility index (Phi) is 4.53. The van der Waals surface area contributed by atoms with Crippen LogP contribution in [0.25, 0.3) is 0 Å². The molecule has 0 aromatic rings. The van der Waals surface area contributed by atoms with Crippen molar-refractivity contribution in [2.24, 2.45) is 4.40 Å². The summed E-state index contributed by atoms with van der Waals surface area (Å²) in [5, 5.41) is 0.917. The molecule has 1 rings (SSSR count). The molecule has 1 aliphatic heterocycles. The average molecular weight is 277 g/mol. The largest absolute Gasteiger partial charge is 0.272 e. The first-order valence-corrected chi connectivity index (χ1v) is 7.09. The van der Waals surface area contributed by atoms with E-state index in [4.69, 9.17) is 0 Å². The van der Waals surface area contributed by atoms with Gasteiger partial charge in [-0.05, 0) is 11.5 Å². The van der Waals surface area contributed by atoms with Crippen LogP contribution in [0, 0.1) is 0 Å². The molecule has 0 bridgehead atoms. The minimum Gasteiger partial charge on any atom is -0.237 e. The van der Waals surface area contributed by atoms with E-state index in [0.717, 1.165) is 28.9 Å². The van der Waals surface area contributed by atoms with Gasteiger partial charge in [0, 0.05) is 0 Å². The van der Waals surface area contributed by atoms with Crippen molar-refractivity contribution in [3.8, 4) is 0 Å². The molecule has 0 saturated heterocycles. The number of hydrogen-bond donors (Lipinski definition) is 0. The van der Waals surface area contributed by atoms with E-state index in [9.17, 15) is 21.6 Å². The van der Waals surface area contributed by atoms with Crippen LogP contribution in [0.1, 0.15) is 0 Å². The van der Waals surface area contributed by atoms with Crippen LogP contribution in [0.15, 0.2) is 15.9 Å².